The SMILES string of the molecule is COc1cc(OC)cc(-c2cccn3nc(Nc4ccc(C(=O)O)cc4)nc23)c1. The van der Waals surface area contributed by atoms with Crippen molar-refractivity contribution in [3.63, 3.8) is 0 Å². The first-order valence-corrected chi connectivity index (χ1v) is 8.76. The topological polar surface area (TPSA) is 98.0 Å². The van der Waals surface area contributed by atoms with Crippen molar-refractivity contribution in [1.29, 1.82) is 0 Å². The van der Waals surface area contributed by atoms with Gasteiger partial charge in [0.1, 0.15) is 11.5 Å². The van der Waals surface area contributed by atoms with E-state index in [-0.39, 0.29) is 5.56 Å². The molecule has 2 N–H and O–H groups in total. The Morgan fingerprint density at radius 1 is 1.03 bits per heavy atom. The minimum absolute atomic E-state index is 0.216. The van der Waals surface area contributed by atoms with Crippen LogP contribution in [-0.2, 0) is 0 Å². The normalized spacial score (nSPS) is 10.7. The third kappa shape index (κ3) is 3.68. The molecule has 0 radical (unpaired) electrons. The molecule has 0 aliphatic rings. The zero-order chi connectivity index (χ0) is 20.4. The summed E-state index contributed by atoms with van der Waals surface area (Å²) in [6, 6.07) is 15.8. The molecule has 0 amide bonds. The average Bonchev–Trinajstić information content (AvgIpc) is 3.16. The lowest BCUT2D eigenvalue weighted by Gasteiger charge is -2.09. The van der Waals surface area contributed by atoms with Crippen LogP contribution in [0.1, 0.15) is 10.4 Å². The molecule has 8 nitrogen and oxygen atoms in total. The van der Waals surface area contributed by atoms with E-state index in [0.717, 1.165) is 11.1 Å². The van der Waals surface area contributed by atoms with Crippen LogP contribution in [0.2, 0.25) is 0 Å². The lowest BCUT2D eigenvalue weighted by molar-refractivity contribution is 0.0697. The molecule has 0 unspecified atom stereocenters. The Balaban J connectivity index is 1.71. The molecule has 146 valence electrons. The quantitative estimate of drug-likeness (QED) is 0.516. The smallest absolute Gasteiger partial charge is 0.335 e. The van der Waals surface area contributed by atoms with Crippen molar-refractivity contribution >= 4 is 23.3 Å². The van der Waals surface area contributed by atoms with Gasteiger partial charge in [0.05, 0.1) is 19.8 Å². The van der Waals surface area contributed by atoms with Crippen LogP contribution in [0.5, 0.6) is 11.5 Å². The van der Waals surface area contributed by atoms with Gasteiger partial charge in [0.25, 0.3) is 0 Å². The van der Waals surface area contributed by atoms with Crippen molar-refractivity contribution in [2.75, 3.05) is 19.5 Å². The third-order valence-electron chi connectivity index (χ3n) is 4.41. The number of carbonyl (C=O) groups is 1. The van der Waals surface area contributed by atoms with Crippen LogP contribution in [-0.4, -0.2) is 39.9 Å². The van der Waals surface area contributed by atoms with Crippen LogP contribution in [0.15, 0.2) is 60.8 Å². The number of hydrogen-bond donors (Lipinski definition) is 2. The summed E-state index contributed by atoms with van der Waals surface area (Å²) in [4.78, 5) is 15.6. The first-order valence-electron chi connectivity index (χ1n) is 8.76. The Kier molecular flexibility index (Phi) is 4.74. The highest BCUT2D eigenvalue weighted by atomic mass is 16.5. The monoisotopic (exact) mass is 390 g/mol. The molecule has 0 saturated heterocycles. The summed E-state index contributed by atoms with van der Waals surface area (Å²) in [5.74, 6) is 0.784. The van der Waals surface area contributed by atoms with Crippen LogP contribution in [0, 0.1) is 0 Å². The van der Waals surface area contributed by atoms with Crippen LogP contribution in [0.25, 0.3) is 16.8 Å². The number of carboxylic acid groups (broad SMARTS) is 1. The van der Waals surface area contributed by atoms with E-state index in [1.54, 1.807) is 36.9 Å². The van der Waals surface area contributed by atoms with Crippen LogP contribution >= 0.6 is 0 Å². The molecular weight excluding hydrogens is 372 g/mol. The van der Waals surface area contributed by atoms with Gasteiger partial charge in [0.2, 0.25) is 5.95 Å². The number of aromatic nitrogens is 3. The Labute approximate surface area is 166 Å². The molecule has 0 spiro atoms. The maximum absolute atomic E-state index is 11.0. The predicted molar refractivity (Wildman–Crippen MR) is 108 cm³/mol. The number of ether oxygens (including phenoxy) is 2. The number of fused-ring (bicyclic) bond motifs is 1. The Morgan fingerprint density at radius 2 is 1.72 bits per heavy atom. The lowest BCUT2D eigenvalue weighted by Crippen LogP contribution is -1.97. The number of carboxylic acids is 1. The van der Waals surface area contributed by atoms with E-state index in [9.17, 15) is 4.79 Å². The summed E-state index contributed by atoms with van der Waals surface area (Å²) < 4.78 is 12.4. The van der Waals surface area contributed by atoms with E-state index in [1.807, 2.05) is 30.5 Å². The van der Waals surface area contributed by atoms with Crippen molar-refractivity contribution < 1.29 is 19.4 Å². The standard InChI is InChI=1S/C21H18N4O4/c1-28-16-10-14(11-17(12-16)29-2)18-4-3-9-25-19(18)23-21(24-25)22-15-7-5-13(6-8-15)20(26)27/h3-12H,1-2H3,(H,22,24)(H,26,27). The molecule has 29 heavy (non-hydrogen) atoms. The summed E-state index contributed by atoms with van der Waals surface area (Å²) in [6.07, 6.45) is 1.81. The molecule has 0 fully saturated rings. The zero-order valence-corrected chi connectivity index (χ0v) is 15.8. The number of hydrogen-bond acceptors (Lipinski definition) is 6. The van der Waals surface area contributed by atoms with Gasteiger partial charge in [-0.2, -0.15) is 4.98 Å². The van der Waals surface area contributed by atoms with Crippen molar-refractivity contribution in [2.24, 2.45) is 0 Å². The molecule has 0 atom stereocenters. The molecule has 4 rings (SSSR count). The fraction of sp³-hybridized carbons (Fsp3) is 0.0952. The molecule has 2 aromatic heterocycles. The first-order chi connectivity index (χ1) is 14.1. The number of benzene rings is 2. The molecule has 2 aromatic carbocycles. The molecule has 4 aromatic rings. The fourth-order valence-electron chi connectivity index (χ4n) is 2.97. The summed E-state index contributed by atoms with van der Waals surface area (Å²) in [5.41, 5.74) is 3.32. The highest BCUT2D eigenvalue weighted by molar-refractivity contribution is 5.88. The van der Waals surface area contributed by atoms with Crippen molar-refractivity contribution in [1.82, 2.24) is 14.6 Å². The van der Waals surface area contributed by atoms with Gasteiger partial charge >= 0.3 is 5.97 Å². The maximum Gasteiger partial charge on any atom is 0.335 e. The molecule has 0 aliphatic carbocycles. The third-order valence-corrected chi connectivity index (χ3v) is 4.41. The number of nitrogens with one attached hydrogen (secondary N) is 1. The predicted octanol–water partition coefficient (Wildman–Crippen LogP) is 3.86. The van der Waals surface area contributed by atoms with Crippen LogP contribution < -0.4 is 14.8 Å². The minimum Gasteiger partial charge on any atom is -0.497 e. The molecule has 2 heterocycles. The van der Waals surface area contributed by atoms with Gasteiger partial charge in [0.15, 0.2) is 5.65 Å². The first kappa shape index (κ1) is 18.3. The fourth-order valence-corrected chi connectivity index (χ4v) is 2.97. The highest BCUT2D eigenvalue weighted by Gasteiger charge is 2.12. The number of anilines is 2. The van der Waals surface area contributed by atoms with Crippen molar-refractivity contribution in [3.8, 4) is 22.6 Å². The largest absolute Gasteiger partial charge is 0.497 e. The summed E-state index contributed by atoms with van der Waals surface area (Å²) >= 11 is 0. The second kappa shape index (κ2) is 7.51. The van der Waals surface area contributed by atoms with E-state index >= 15 is 0 Å². The second-order valence-corrected chi connectivity index (χ2v) is 6.23. The van der Waals surface area contributed by atoms with Crippen molar-refractivity contribution in [3.05, 3.63) is 66.4 Å². The molecule has 0 bridgehead atoms. The number of rotatable bonds is 6. The molecule has 0 saturated carbocycles. The van der Waals surface area contributed by atoms with Gasteiger partial charge in [-0.15, -0.1) is 5.10 Å². The van der Waals surface area contributed by atoms with Crippen LogP contribution in [0.4, 0.5) is 11.6 Å². The van der Waals surface area contributed by atoms with Crippen molar-refractivity contribution in [2.45, 2.75) is 0 Å². The van der Waals surface area contributed by atoms with E-state index < -0.39 is 5.97 Å². The summed E-state index contributed by atoms with van der Waals surface area (Å²) in [6.45, 7) is 0. The minimum atomic E-state index is -0.972. The maximum atomic E-state index is 11.0. The van der Waals surface area contributed by atoms with Gasteiger partial charge in [-0.3, -0.25) is 0 Å². The molecule has 8 heteroatoms. The Morgan fingerprint density at radius 3 is 2.34 bits per heavy atom. The van der Waals surface area contributed by atoms with Gasteiger partial charge < -0.3 is 19.9 Å². The van der Waals surface area contributed by atoms with Gasteiger partial charge in [-0.1, -0.05) is 0 Å². The second-order valence-electron chi connectivity index (χ2n) is 6.23. The number of methoxy groups -OCH3 is 2. The average molecular weight is 390 g/mol. The summed E-state index contributed by atoms with van der Waals surface area (Å²) in [5, 5.41) is 16.6. The van der Waals surface area contributed by atoms with Crippen LogP contribution in [0.3, 0.4) is 0 Å². The lowest BCUT2D eigenvalue weighted by atomic mass is 10.1. The van der Waals surface area contributed by atoms with E-state index in [1.165, 1.54) is 12.1 Å². The number of nitrogens with zero attached hydrogens (tertiary/aromatic N) is 3. The van der Waals surface area contributed by atoms with E-state index in [4.69, 9.17) is 14.6 Å². The van der Waals surface area contributed by atoms with Gasteiger partial charge in [-0.25, -0.2) is 9.31 Å². The van der Waals surface area contributed by atoms with Gasteiger partial charge in [-0.05, 0) is 54.1 Å². The highest BCUT2D eigenvalue weighted by Crippen LogP contribution is 2.32. The Hall–Kier alpha value is -4.07. The van der Waals surface area contributed by atoms with E-state index in [0.29, 0.717) is 28.8 Å². The van der Waals surface area contributed by atoms with Gasteiger partial charge in [0, 0.05) is 23.5 Å². The summed E-state index contributed by atoms with van der Waals surface area (Å²) in [7, 11) is 3.21. The number of aromatic carboxylic acids is 1. The Bertz CT molecular complexity index is 1160. The number of pyridine rings is 1. The molecular formula is C21H18N4O4. The zero-order valence-electron chi connectivity index (χ0n) is 15.8. The molecule has 0 aliphatic heterocycles. The van der Waals surface area contributed by atoms with E-state index in [2.05, 4.69) is 15.4 Å².